The normalized spacial score (nSPS) is 12.2. The van der Waals surface area contributed by atoms with Gasteiger partial charge >= 0.3 is 0 Å². The molecule has 3 heteroatoms. The van der Waals surface area contributed by atoms with Gasteiger partial charge in [-0.2, -0.15) is 5.26 Å². The van der Waals surface area contributed by atoms with Gasteiger partial charge in [-0.15, -0.1) is 0 Å². The minimum absolute atomic E-state index is 0.244. The molecule has 0 saturated heterocycles. The van der Waals surface area contributed by atoms with Crippen LogP contribution >= 0.6 is 0 Å². The Labute approximate surface area is 118 Å². The predicted molar refractivity (Wildman–Crippen MR) is 80.8 cm³/mol. The van der Waals surface area contributed by atoms with E-state index < -0.39 is 6.04 Å². The van der Waals surface area contributed by atoms with Crippen LogP contribution in [0.15, 0.2) is 48.5 Å². The van der Waals surface area contributed by atoms with E-state index in [0.717, 1.165) is 16.3 Å². The standard InChI is InChI=1S/C17H16N2O/c1-2-15(12-18)19-17(20)11-10-14-8-5-7-13-6-3-4-9-16(13)14/h3-11,15H,2H2,1H3,(H,19,20)/b11-10+. The third kappa shape index (κ3) is 3.24. The summed E-state index contributed by atoms with van der Waals surface area (Å²) >= 11 is 0. The average molecular weight is 264 g/mol. The summed E-state index contributed by atoms with van der Waals surface area (Å²) in [6.07, 6.45) is 3.86. The van der Waals surface area contributed by atoms with Gasteiger partial charge in [0, 0.05) is 6.08 Å². The van der Waals surface area contributed by atoms with Crippen molar-refractivity contribution in [3.8, 4) is 6.07 Å². The van der Waals surface area contributed by atoms with Crippen LogP contribution in [-0.4, -0.2) is 11.9 Å². The Morgan fingerprint density at radius 1 is 1.30 bits per heavy atom. The largest absolute Gasteiger partial charge is 0.337 e. The summed E-state index contributed by atoms with van der Waals surface area (Å²) < 4.78 is 0. The van der Waals surface area contributed by atoms with E-state index in [-0.39, 0.29) is 5.91 Å². The lowest BCUT2D eigenvalue weighted by molar-refractivity contribution is -0.116. The zero-order valence-electron chi connectivity index (χ0n) is 11.3. The second kappa shape index (κ2) is 6.53. The van der Waals surface area contributed by atoms with E-state index in [9.17, 15) is 4.79 Å². The second-order valence-corrected chi connectivity index (χ2v) is 4.50. The number of carbonyl (C=O) groups excluding carboxylic acids is 1. The molecular weight excluding hydrogens is 248 g/mol. The van der Waals surface area contributed by atoms with Crippen LogP contribution in [0.3, 0.4) is 0 Å². The van der Waals surface area contributed by atoms with E-state index in [1.54, 1.807) is 6.08 Å². The number of amides is 1. The van der Waals surface area contributed by atoms with Crippen molar-refractivity contribution in [1.82, 2.24) is 5.32 Å². The monoisotopic (exact) mass is 264 g/mol. The Morgan fingerprint density at radius 3 is 2.80 bits per heavy atom. The first-order valence-corrected chi connectivity index (χ1v) is 6.60. The maximum atomic E-state index is 11.7. The van der Waals surface area contributed by atoms with Crippen molar-refractivity contribution in [2.45, 2.75) is 19.4 Å². The molecule has 0 aliphatic carbocycles. The fraction of sp³-hybridized carbons (Fsp3) is 0.176. The predicted octanol–water partition coefficient (Wildman–Crippen LogP) is 3.27. The lowest BCUT2D eigenvalue weighted by atomic mass is 10.0. The summed E-state index contributed by atoms with van der Waals surface area (Å²) in [6.45, 7) is 1.86. The third-order valence-electron chi connectivity index (χ3n) is 3.12. The van der Waals surface area contributed by atoms with Gasteiger partial charge in [-0.1, -0.05) is 49.4 Å². The van der Waals surface area contributed by atoms with Crippen LogP contribution in [0, 0.1) is 11.3 Å². The van der Waals surface area contributed by atoms with E-state index in [1.165, 1.54) is 6.08 Å². The number of hydrogen-bond donors (Lipinski definition) is 1. The summed E-state index contributed by atoms with van der Waals surface area (Å²) in [4.78, 5) is 11.7. The highest BCUT2D eigenvalue weighted by Gasteiger charge is 2.06. The van der Waals surface area contributed by atoms with E-state index in [0.29, 0.717) is 6.42 Å². The highest BCUT2D eigenvalue weighted by molar-refractivity contribution is 5.96. The summed E-state index contributed by atoms with van der Waals surface area (Å²) in [5.41, 5.74) is 0.989. The summed E-state index contributed by atoms with van der Waals surface area (Å²) in [6, 6.07) is 15.6. The molecule has 0 saturated carbocycles. The molecule has 0 aliphatic heterocycles. The molecule has 0 fully saturated rings. The highest BCUT2D eigenvalue weighted by atomic mass is 16.1. The molecule has 20 heavy (non-hydrogen) atoms. The van der Waals surface area contributed by atoms with Gasteiger partial charge in [0.05, 0.1) is 6.07 Å². The number of nitrogens with zero attached hydrogens (tertiary/aromatic N) is 1. The highest BCUT2D eigenvalue weighted by Crippen LogP contribution is 2.19. The number of nitriles is 1. The first kappa shape index (κ1) is 13.8. The molecular formula is C17H16N2O. The molecule has 1 atom stereocenters. The molecule has 0 heterocycles. The van der Waals surface area contributed by atoms with E-state index in [2.05, 4.69) is 5.32 Å². The number of hydrogen-bond acceptors (Lipinski definition) is 2. The van der Waals surface area contributed by atoms with Crippen molar-refractivity contribution in [2.75, 3.05) is 0 Å². The topological polar surface area (TPSA) is 52.9 Å². The zero-order valence-corrected chi connectivity index (χ0v) is 11.3. The second-order valence-electron chi connectivity index (χ2n) is 4.50. The van der Waals surface area contributed by atoms with Crippen LogP contribution in [0.25, 0.3) is 16.8 Å². The van der Waals surface area contributed by atoms with Gasteiger partial charge in [-0.25, -0.2) is 0 Å². The molecule has 0 aliphatic rings. The average Bonchev–Trinajstić information content (AvgIpc) is 2.50. The molecule has 1 N–H and O–H groups in total. The van der Waals surface area contributed by atoms with Gasteiger partial charge in [0.25, 0.3) is 0 Å². The van der Waals surface area contributed by atoms with Crippen molar-refractivity contribution in [3.05, 3.63) is 54.1 Å². The van der Waals surface area contributed by atoms with Crippen molar-refractivity contribution in [1.29, 1.82) is 5.26 Å². The Morgan fingerprint density at radius 2 is 2.05 bits per heavy atom. The van der Waals surface area contributed by atoms with Gasteiger partial charge in [-0.05, 0) is 28.8 Å². The minimum atomic E-state index is -0.431. The molecule has 100 valence electrons. The van der Waals surface area contributed by atoms with Gasteiger partial charge < -0.3 is 5.32 Å². The van der Waals surface area contributed by atoms with E-state index in [4.69, 9.17) is 5.26 Å². The van der Waals surface area contributed by atoms with Crippen LogP contribution in [-0.2, 0) is 4.79 Å². The van der Waals surface area contributed by atoms with E-state index >= 15 is 0 Å². The fourth-order valence-electron chi connectivity index (χ4n) is 2.01. The first-order chi connectivity index (χ1) is 9.74. The lowest BCUT2D eigenvalue weighted by Gasteiger charge is -2.06. The molecule has 1 unspecified atom stereocenters. The molecule has 2 aromatic carbocycles. The smallest absolute Gasteiger partial charge is 0.245 e. The number of benzene rings is 2. The Kier molecular flexibility index (Phi) is 4.52. The van der Waals surface area contributed by atoms with Crippen molar-refractivity contribution < 1.29 is 4.79 Å². The summed E-state index contributed by atoms with van der Waals surface area (Å²) in [5.74, 6) is -0.244. The van der Waals surface area contributed by atoms with Crippen LogP contribution < -0.4 is 5.32 Å². The summed E-state index contributed by atoms with van der Waals surface area (Å²) in [5, 5.41) is 13.7. The van der Waals surface area contributed by atoms with Crippen LogP contribution in [0.5, 0.6) is 0 Å². The minimum Gasteiger partial charge on any atom is -0.337 e. The molecule has 0 aromatic heterocycles. The maximum absolute atomic E-state index is 11.7. The number of carbonyl (C=O) groups is 1. The maximum Gasteiger partial charge on any atom is 0.245 e. The Bertz CT molecular complexity index is 677. The summed E-state index contributed by atoms with van der Waals surface area (Å²) in [7, 11) is 0. The molecule has 3 nitrogen and oxygen atoms in total. The molecule has 2 rings (SSSR count). The molecule has 2 aromatic rings. The van der Waals surface area contributed by atoms with Crippen LogP contribution in [0.2, 0.25) is 0 Å². The molecule has 0 spiro atoms. The molecule has 1 amide bonds. The fourth-order valence-corrected chi connectivity index (χ4v) is 2.01. The Balaban J connectivity index is 2.18. The third-order valence-corrected chi connectivity index (χ3v) is 3.12. The van der Waals surface area contributed by atoms with Crippen molar-refractivity contribution in [3.63, 3.8) is 0 Å². The number of nitrogens with one attached hydrogen (secondary N) is 1. The van der Waals surface area contributed by atoms with E-state index in [1.807, 2.05) is 55.5 Å². The Hall–Kier alpha value is -2.60. The molecule has 0 bridgehead atoms. The van der Waals surface area contributed by atoms with Crippen LogP contribution in [0.1, 0.15) is 18.9 Å². The SMILES string of the molecule is CCC(C#N)NC(=O)/C=C/c1cccc2ccccc12. The lowest BCUT2D eigenvalue weighted by Crippen LogP contribution is -2.31. The zero-order chi connectivity index (χ0) is 14.4. The van der Waals surface area contributed by atoms with Gasteiger partial charge in [0.2, 0.25) is 5.91 Å². The first-order valence-electron chi connectivity index (χ1n) is 6.60. The quantitative estimate of drug-likeness (QED) is 0.862. The van der Waals surface area contributed by atoms with Crippen molar-refractivity contribution in [2.24, 2.45) is 0 Å². The van der Waals surface area contributed by atoms with Gasteiger partial charge in [-0.3, -0.25) is 4.79 Å². The number of fused-ring (bicyclic) bond motifs is 1. The van der Waals surface area contributed by atoms with Crippen molar-refractivity contribution >= 4 is 22.8 Å². The van der Waals surface area contributed by atoms with Gasteiger partial charge in [0.1, 0.15) is 6.04 Å². The van der Waals surface area contributed by atoms with Crippen LogP contribution in [0.4, 0.5) is 0 Å². The van der Waals surface area contributed by atoms with Gasteiger partial charge in [0.15, 0.2) is 0 Å². The number of rotatable bonds is 4. The molecule has 0 radical (unpaired) electrons.